The number of piperidine rings is 1. The highest BCUT2D eigenvalue weighted by molar-refractivity contribution is 7.16. The molecule has 3 aromatic rings. The fraction of sp³-hybridized carbons (Fsp3) is 0.333. The summed E-state index contributed by atoms with van der Waals surface area (Å²) in [6, 6.07) is 13.3. The van der Waals surface area contributed by atoms with Crippen LogP contribution in [0.5, 0.6) is 0 Å². The second-order valence-electron chi connectivity index (χ2n) is 7.35. The number of halogens is 1. The maximum absolute atomic E-state index is 13.2. The van der Waals surface area contributed by atoms with Crippen LogP contribution in [0.3, 0.4) is 0 Å². The summed E-state index contributed by atoms with van der Waals surface area (Å²) in [5.74, 6) is 0.370. The van der Waals surface area contributed by atoms with Crippen LogP contribution in [0.4, 0.5) is 4.39 Å². The molecule has 2 aromatic carbocycles. The van der Waals surface area contributed by atoms with E-state index in [0.717, 1.165) is 41.5 Å². The molecule has 3 nitrogen and oxygen atoms in total. The Balaban J connectivity index is 1.39. The summed E-state index contributed by atoms with van der Waals surface area (Å²) in [6.07, 6.45) is 4.07. The quantitative estimate of drug-likeness (QED) is 0.640. The lowest BCUT2D eigenvalue weighted by molar-refractivity contribution is 0.0571. The lowest BCUT2D eigenvalue weighted by Crippen LogP contribution is -2.46. The van der Waals surface area contributed by atoms with Crippen molar-refractivity contribution in [1.82, 2.24) is 9.88 Å². The van der Waals surface area contributed by atoms with Crippen molar-refractivity contribution in [2.75, 3.05) is 0 Å². The Morgan fingerprint density at radius 3 is 2.54 bits per heavy atom. The van der Waals surface area contributed by atoms with E-state index in [1.165, 1.54) is 5.56 Å². The average molecular weight is 366 g/mol. The minimum Gasteiger partial charge on any atom is -0.333 e. The molecule has 1 unspecified atom stereocenters. The standard InChI is InChI=1S/C21H19FN2OS/c22-16-4-1-13(2-5-16)15-9-17-6-7-18(10-15)24(17)21(25)14-3-8-19-20(11-14)26-12-23-19/h1-5,8,11-12,15,17-18H,6-7,9-10H2/t15?,17-,18+. The van der Waals surface area contributed by atoms with Crippen LogP contribution in [0, 0.1) is 5.82 Å². The van der Waals surface area contributed by atoms with Crippen LogP contribution < -0.4 is 0 Å². The molecule has 5 rings (SSSR count). The number of rotatable bonds is 2. The molecule has 2 fully saturated rings. The van der Waals surface area contributed by atoms with Crippen LogP contribution in [0.2, 0.25) is 0 Å². The van der Waals surface area contributed by atoms with E-state index < -0.39 is 0 Å². The summed E-state index contributed by atoms with van der Waals surface area (Å²) in [7, 11) is 0. The molecule has 132 valence electrons. The molecule has 0 aliphatic carbocycles. The zero-order valence-corrected chi connectivity index (χ0v) is 15.1. The summed E-state index contributed by atoms with van der Waals surface area (Å²) < 4.78 is 14.3. The first-order valence-corrected chi connectivity index (χ1v) is 9.98. The highest BCUT2D eigenvalue weighted by atomic mass is 32.1. The molecule has 3 atom stereocenters. The van der Waals surface area contributed by atoms with E-state index in [2.05, 4.69) is 9.88 Å². The van der Waals surface area contributed by atoms with Crippen LogP contribution in [-0.2, 0) is 0 Å². The number of aromatic nitrogens is 1. The molecular formula is C21H19FN2OS. The SMILES string of the molecule is O=C(c1ccc2ncsc2c1)N1[C@@H]2CC[C@H]1CC(c1ccc(F)cc1)C2. The molecule has 0 radical (unpaired) electrons. The fourth-order valence-corrected chi connectivity index (χ4v) is 5.37. The molecule has 0 spiro atoms. The van der Waals surface area contributed by atoms with Gasteiger partial charge in [0.2, 0.25) is 0 Å². The van der Waals surface area contributed by atoms with Gasteiger partial charge >= 0.3 is 0 Å². The van der Waals surface area contributed by atoms with Gasteiger partial charge in [-0.15, -0.1) is 11.3 Å². The van der Waals surface area contributed by atoms with E-state index in [1.807, 2.05) is 35.8 Å². The Kier molecular flexibility index (Phi) is 3.78. The second-order valence-corrected chi connectivity index (χ2v) is 8.24. The van der Waals surface area contributed by atoms with Crippen molar-refractivity contribution >= 4 is 27.5 Å². The van der Waals surface area contributed by atoms with Crippen molar-refractivity contribution in [2.24, 2.45) is 0 Å². The van der Waals surface area contributed by atoms with Gasteiger partial charge in [-0.2, -0.15) is 0 Å². The third-order valence-electron chi connectivity index (χ3n) is 5.89. The number of fused-ring (bicyclic) bond motifs is 3. The molecule has 1 amide bonds. The van der Waals surface area contributed by atoms with Gasteiger partial charge in [-0.25, -0.2) is 9.37 Å². The maximum Gasteiger partial charge on any atom is 0.254 e. The Labute approximate surface area is 155 Å². The van der Waals surface area contributed by atoms with Crippen LogP contribution in [0.1, 0.15) is 47.5 Å². The first-order chi connectivity index (χ1) is 12.7. The van der Waals surface area contributed by atoms with Gasteiger partial charge in [0.05, 0.1) is 15.7 Å². The maximum atomic E-state index is 13.2. The molecule has 2 aliphatic rings. The van der Waals surface area contributed by atoms with Gasteiger partial charge in [-0.3, -0.25) is 4.79 Å². The molecule has 2 saturated heterocycles. The van der Waals surface area contributed by atoms with Crippen molar-refractivity contribution in [3.63, 3.8) is 0 Å². The number of hydrogen-bond acceptors (Lipinski definition) is 3. The van der Waals surface area contributed by atoms with E-state index >= 15 is 0 Å². The Bertz CT molecular complexity index is 954. The lowest BCUT2D eigenvalue weighted by atomic mass is 9.85. The van der Waals surface area contributed by atoms with E-state index in [9.17, 15) is 9.18 Å². The van der Waals surface area contributed by atoms with Crippen molar-refractivity contribution in [1.29, 1.82) is 0 Å². The molecule has 26 heavy (non-hydrogen) atoms. The van der Waals surface area contributed by atoms with E-state index in [0.29, 0.717) is 5.92 Å². The Hall–Kier alpha value is -2.27. The van der Waals surface area contributed by atoms with Gasteiger partial charge in [-0.05, 0) is 67.5 Å². The van der Waals surface area contributed by atoms with Gasteiger partial charge in [0.25, 0.3) is 5.91 Å². The van der Waals surface area contributed by atoms with E-state index in [-0.39, 0.29) is 23.8 Å². The Morgan fingerprint density at radius 1 is 1.08 bits per heavy atom. The number of benzene rings is 2. The summed E-state index contributed by atoms with van der Waals surface area (Å²) in [4.78, 5) is 19.6. The third-order valence-corrected chi connectivity index (χ3v) is 6.68. The lowest BCUT2D eigenvalue weighted by Gasteiger charge is -2.39. The fourth-order valence-electron chi connectivity index (χ4n) is 4.65. The van der Waals surface area contributed by atoms with Crippen molar-refractivity contribution in [3.05, 3.63) is 64.9 Å². The van der Waals surface area contributed by atoms with Crippen LogP contribution in [0.25, 0.3) is 10.2 Å². The Morgan fingerprint density at radius 2 is 1.81 bits per heavy atom. The first-order valence-electron chi connectivity index (χ1n) is 9.10. The summed E-state index contributed by atoms with van der Waals surface area (Å²) >= 11 is 1.57. The molecule has 0 saturated carbocycles. The summed E-state index contributed by atoms with van der Waals surface area (Å²) in [6.45, 7) is 0. The van der Waals surface area contributed by atoms with Gasteiger partial charge in [0.1, 0.15) is 5.82 Å². The molecule has 0 N–H and O–H groups in total. The van der Waals surface area contributed by atoms with E-state index in [4.69, 9.17) is 0 Å². The smallest absolute Gasteiger partial charge is 0.254 e. The van der Waals surface area contributed by atoms with E-state index in [1.54, 1.807) is 23.5 Å². The van der Waals surface area contributed by atoms with Crippen LogP contribution in [0.15, 0.2) is 48.0 Å². The first kappa shape index (κ1) is 15.9. The van der Waals surface area contributed by atoms with Crippen molar-refractivity contribution in [3.8, 4) is 0 Å². The van der Waals surface area contributed by atoms with Gasteiger partial charge in [0, 0.05) is 17.6 Å². The normalized spacial score (nSPS) is 25.0. The third kappa shape index (κ3) is 2.62. The van der Waals surface area contributed by atoms with Crippen molar-refractivity contribution in [2.45, 2.75) is 43.7 Å². The zero-order chi connectivity index (χ0) is 17.7. The molecule has 2 aliphatic heterocycles. The number of amides is 1. The molecule has 2 bridgehead atoms. The van der Waals surface area contributed by atoms with Crippen LogP contribution >= 0.6 is 11.3 Å². The van der Waals surface area contributed by atoms with Crippen molar-refractivity contribution < 1.29 is 9.18 Å². The monoisotopic (exact) mass is 366 g/mol. The predicted molar refractivity (Wildman–Crippen MR) is 101 cm³/mol. The van der Waals surface area contributed by atoms with Gasteiger partial charge in [-0.1, -0.05) is 12.1 Å². The second kappa shape index (κ2) is 6.16. The highest BCUT2D eigenvalue weighted by Gasteiger charge is 2.43. The largest absolute Gasteiger partial charge is 0.333 e. The molecule has 3 heterocycles. The zero-order valence-electron chi connectivity index (χ0n) is 14.3. The summed E-state index contributed by atoms with van der Waals surface area (Å²) in [5.41, 5.74) is 4.72. The minimum atomic E-state index is -0.192. The predicted octanol–water partition coefficient (Wildman–Crippen LogP) is 4.99. The molecule has 5 heteroatoms. The van der Waals surface area contributed by atoms with Gasteiger partial charge < -0.3 is 4.90 Å². The topological polar surface area (TPSA) is 33.2 Å². The molecular weight excluding hydrogens is 347 g/mol. The highest BCUT2D eigenvalue weighted by Crippen LogP contribution is 2.43. The minimum absolute atomic E-state index is 0.144. The number of nitrogens with zero attached hydrogens (tertiary/aromatic N) is 2. The number of hydrogen-bond donors (Lipinski definition) is 0. The van der Waals surface area contributed by atoms with Gasteiger partial charge in [0.15, 0.2) is 0 Å². The number of carbonyl (C=O) groups is 1. The number of carbonyl (C=O) groups excluding carboxylic acids is 1. The molecule has 1 aromatic heterocycles. The van der Waals surface area contributed by atoms with Crippen LogP contribution in [-0.4, -0.2) is 27.9 Å². The number of thiazole rings is 1. The average Bonchev–Trinajstić information content (AvgIpc) is 3.23. The summed E-state index contributed by atoms with van der Waals surface area (Å²) in [5, 5.41) is 0.